The summed E-state index contributed by atoms with van der Waals surface area (Å²) >= 11 is 13.9. The predicted molar refractivity (Wildman–Crippen MR) is 103 cm³/mol. The van der Waals surface area contributed by atoms with Crippen LogP contribution < -0.4 is 5.32 Å². The van der Waals surface area contributed by atoms with E-state index in [0.717, 1.165) is 0 Å². The number of thiazole rings is 1. The molecule has 0 unspecified atom stereocenters. The van der Waals surface area contributed by atoms with E-state index in [4.69, 9.17) is 23.2 Å². The molecule has 2 heterocycles. The monoisotopic (exact) mass is 403 g/mol. The first-order valence-electron chi connectivity index (χ1n) is 7.34. The van der Waals surface area contributed by atoms with E-state index in [1.54, 1.807) is 36.7 Å². The van der Waals surface area contributed by atoms with E-state index in [1.807, 2.05) is 12.1 Å². The van der Waals surface area contributed by atoms with E-state index in [1.165, 1.54) is 22.1 Å². The lowest BCUT2D eigenvalue weighted by atomic mass is 10.1. The fraction of sp³-hybridized carbons (Fsp3) is 0.0588. The van der Waals surface area contributed by atoms with Crippen molar-refractivity contribution in [2.24, 2.45) is 0 Å². The van der Waals surface area contributed by atoms with Gasteiger partial charge < -0.3 is 0 Å². The van der Waals surface area contributed by atoms with Gasteiger partial charge in [0.25, 0.3) is 5.91 Å². The first-order valence-corrected chi connectivity index (χ1v) is 8.97. The summed E-state index contributed by atoms with van der Waals surface area (Å²) in [6.07, 6.45) is 2.96. The van der Waals surface area contributed by atoms with Crippen LogP contribution in [0.1, 0.15) is 11.3 Å². The van der Waals surface area contributed by atoms with Gasteiger partial charge in [-0.3, -0.25) is 10.1 Å². The normalized spacial score (nSPS) is 11.2. The van der Waals surface area contributed by atoms with Gasteiger partial charge in [0, 0.05) is 17.1 Å². The number of nitriles is 1. The van der Waals surface area contributed by atoms with Gasteiger partial charge in [0.2, 0.25) is 0 Å². The molecule has 0 saturated heterocycles. The molecule has 0 aliphatic heterocycles. The molecular formula is C17H11Cl2N5OS. The molecule has 130 valence electrons. The van der Waals surface area contributed by atoms with Crippen molar-refractivity contribution >= 4 is 51.7 Å². The first kappa shape index (κ1) is 18.1. The summed E-state index contributed by atoms with van der Waals surface area (Å²) in [5.41, 5.74) is 1.53. The van der Waals surface area contributed by atoms with E-state index in [9.17, 15) is 10.1 Å². The van der Waals surface area contributed by atoms with Gasteiger partial charge >= 0.3 is 0 Å². The van der Waals surface area contributed by atoms with Gasteiger partial charge in [-0.15, -0.1) is 11.3 Å². The van der Waals surface area contributed by atoms with Crippen LogP contribution in [0.25, 0.3) is 11.8 Å². The van der Waals surface area contributed by atoms with Crippen LogP contribution in [0.2, 0.25) is 10.2 Å². The van der Waals surface area contributed by atoms with Crippen LogP contribution in [0, 0.1) is 18.3 Å². The van der Waals surface area contributed by atoms with Gasteiger partial charge in [0.1, 0.15) is 16.8 Å². The molecule has 0 fully saturated rings. The highest BCUT2D eigenvalue weighted by Crippen LogP contribution is 2.29. The number of aromatic nitrogens is 3. The lowest BCUT2D eigenvalue weighted by Gasteiger charge is -2.05. The smallest absolute Gasteiger partial charge is 0.268 e. The third-order valence-electron chi connectivity index (χ3n) is 3.44. The van der Waals surface area contributed by atoms with Crippen LogP contribution in [0.15, 0.2) is 41.4 Å². The summed E-state index contributed by atoms with van der Waals surface area (Å²) in [5, 5.41) is 19.1. The number of anilines is 1. The Morgan fingerprint density at radius 1 is 1.38 bits per heavy atom. The number of halogens is 2. The summed E-state index contributed by atoms with van der Waals surface area (Å²) < 4.78 is 1.47. The number of para-hydroxylation sites is 1. The highest BCUT2D eigenvalue weighted by atomic mass is 35.5. The third-order valence-corrected chi connectivity index (χ3v) is 4.81. The summed E-state index contributed by atoms with van der Waals surface area (Å²) in [5.74, 6) is -0.566. The average Bonchev–Trinajstić information content (AvgIpc) is 3.22. The molecule has 0 radical (unpaired) electrons. The molecule has 0 aliphatic rings. The van der Waals surface area contributed by atoms with Crippen LogP contribution in [0.4, 0.5) is 5.13 Å². The maximum atomic E-state index is 12.3. The van der Waals surface area contributed by atoms with Crippen molar-refractivity contribution in [2.45, 2.75) is 6.92 Å². The van der Waals surface area contributed by atoms with Crippen LogP contribution >= 0.6 is 34.5 Å². The Bertz CT molecular complexity index is 1030. The molecule has 3 rings (SSSR count). The van der Waals surface area contributed by atoms with Gasteiger partial charge in [-0.25, -0.2) is 9.67 Å². The topological polar surface area (TPSA) is 83.6 Å². The van der Waals surface area contributed by atoms with Crippen molar-refractivity contribution in [2.75, 3.05) is 5.32 Å². The SMILES string of the molecule is Cc1nn(-c2ccccc2Cl)c(Cl)c1/C=C(\C#N)C(=O)Nc1nccs1. The second-order valence-corrected chi connectivity index (χ2v) is 6.77. The fourth-order valence-corrected chi connectivity index (χ4v) is 3.26. The number of carbonyl (C=O) groups excluding carboxylic acids is 1. The van der Waals surface area contributed by atoms with Crippen molar-refractivity contribution in [3.05, 3.63) is 62.8 Å². The minimum absolute atomic E-state index is 0.107. The molecule has 1 N–H and O–H groups in total. The van der Waals surface area contributed by atoms with Crippen molar-refractivity contribution < 1.29 is 4.79 Å². The molecule has 0 spiro atoms. The van der Waals surface area contributed by atoms with Crippen LogP contribution in [-0.2, 0) is 4.79 Å². The van der Waals surface area contributed by atoms with E-state index in [-0.39, 0.29) is 10.7 Å². The highest BCUT2D eigenvalue weighted by Gasteiger charge is 2.18. The van der Waals surface area contributed by atoms with Crippen LogP contribution in [-0.4, -0.2) is 20.7 Å². The molecule has 3 aromatic rings. The van der Waals surface area contributed by atoms with Crippen molar-refractivity contribution in [3.63, 3.8) is 0 Å². The number of hydrogen-bond donors (Lipinski definition) is 1. The minimum atomic E-state index is -0.566. The average molecular weight is 404 g/mol. The fourth-order valence-electron chi connectivity index (χ4n) is 2.20. The quantitative estimate of drug-likeness (QED) is 0.513. The molecule has 0 saturated carbocycles. The van der Waals surface area contributed by atoms with Gasteiger partial charge in [0.15, 0.2) is 5.13 Å². The van der Waals surface area contributed by atoms with E-state index in [0.29, 0.717) is 27.1 Å². The Kier molecular flexibility index (Phi) is 5.38. The minimum Gasteiger partial charge on any atom is -0.297 e. The summed E-state index contributed by atoms with van der Waals surface area (Å²) in [7, 11) is 0. The number of hydrogen-bond acceptors (Lipinski definition) is 5. The second-order valence-electron chi connectivity index (χ2n) is 5.11. The van der Waals surface area contributed by atoms with Crippen LogP contribution in [0.5, 0.6) is 0 Å². The van der Waals surface area contributed by atoms with Crippen molar-refractivity contribution in [1.29, 1.82) is 5.26 Å². The first-order chi connectivity index (χ1) is 12.5. The molecule has 0 bridgehead atoms. The Labute approximate surface area is 163 Å². The number of amides is 1. The number of carbonyl (C=O) groups is 1. The molecule has 0 atom stereocenters. The molecule has 6 nitrogen and oxygen atoms in total. The molecular weight excluding hydrogens is 393 g/mol. The van der Waals surface area contributed by atoms with Gasteiger partial charge in [-0.1, -0.05) is 35.3 Å². The zero-order chi connectivity index (χ0) is 18.7. The Morgan fingerprint density at radius 2 is 2.15 bits per heavy atom. The summed E-state index contributed by atoms with van der Waals surface area (Å²) in [6, 6.07) is 8.99. The Balaban J connectivity index is 1.98. The largest absolute Gasteiger partial charge is 0.297 e. The second kappa shape index (κ2) is 7.70. The maximum Gasteiger partial charge on any atom is 0.268 e. The van der Waals surface area contributed by atoms with Gasteiger partial charge in [-0.05, 0) is 25.1 Å². The zero-order valence-electron chi connectivity index (χ0n) is 13.4. The van der Waals surface area contributed by atoms with E-state index in [2.05, 4.69) is 15.4 Å². The lowest BCUT2D eigenvalue weighted by molar-refractivity contribution is -0.112. The molecule has 0 aliphatic carbocycles. The number of benzene rings is 1. The van der Waals surface area contributed by atoms with Crippen LogP contribution in [0.3, 0.4) is 0 Å². The number of nitrogens with one attached hydrogen (secondary N) is 1. The molecule has 1 amide bonds. The maximum absolute atomic E-state index is 12.3. The van der Waals surface area contributed by atoms with Gasteiger partial charge in [0.05, 0.1) is 16.4 Å². The molecule has 9 heteroatoms. The Morgan fingerprint density at radius 3 is 2.81 bits per heavy atom. The summed E-state index contributed by atoms with van der Waals surface area (Å²) in [4.78, 5) is 16.2. The summed E-state index contributed by atoms with van der Waals surface area (Å²) in [6.45, 7) is 1.73. The van der Waals surface area contributed by atoms with Crippen molar-refractivity contribution in [3.8, 4) is 11.8 Å². The zero-order valence-corrected chi connectivity index (χ0v) is 15.7. The third kappa shape index (κ3) is 3.63. The Hall–Kier alpha value is -2.66. The number of aryl methyl sites for hydroxylation is 1. The predicted octanol–water partition coefficient (Wildman–Crippen LogP) is 4.49. The lowest BCUT2D eigenvalue weighted by Crippen LogP contribution is -2.13. The number of nitrogens with zero attached hydrogens (tertiary/aromatic N) is 4. The molecule has 26 heavy (non-hydrogen) atoms. The van der Waals surface area contributed by atoms with E-state index >= 15 is 0 Å². The van der Waals surface area contributed by atoms with Crippen molar-refractivity contribution in [1.82, 2.24) is 14.8 Å². The standard InChI is InChI=1S/C17H11Cl2N5OS/c1-10-12(8-11(9-20)16(25)22-17-21-6-7-26-17)15(19)24(23-10)14-5-3-2-4-13(14)18/h2-8H,1H3,(H,21,22,25)/b11-8+. The highest BCUT2D eigenvalue weighted by molar-refractivity contribution is 7.13. The molecule has 2 aromatic heterocycles. The number of rotatable bonds is 4. The van der Waals surface area contributed by atoms with E-state index < -0.39 is 5.91 Å². The molecule has 1 aromatic carbocycles. The van der Waals surface area contributed by atoms with Gasteiger partial charge in [-0.2, -0.15) is 10.4 Å².